The van der Waals surface area contributed by atoms with Crippen LogP contribution in [-0.4, -0.2) is 37.8 Å². The summed E-state index contributed by atoms with van der Waals surface area (Å²) in [5.41, 5.74) is 18.6. The molecule has 7 N–H and O–H groups in total. The molecule has 10 heteroatoms. The van der Waals surface area contributed by atoms with E-state index in [1.54, 1.807) is 43.6 Å². The number of aliphatic imine (C=N–C) groups is 2. The molecule has 3 aromatic rings. The van der Waals surface area contributed by atoms with E-state index < -0.39 is 5.97 Å². The van der Waals surface area contributed by atoms with Crippen LogP contribution >= 0.6 is 0 Å². The number of aromatic carboxylic acids is 1. The van der Waals surface area contributed by atoms with E-state index in [-0.39, 0.29) is 17.6 Å². The second-order valence-electron chi connectivity index (χ2n) is 5.39. The number of nitrogens with zero attached hydrogens (tertiary/aromatic N) is 5. The molecular weight excluding hydrogens is 336 g/mol. The monoisotopic (exact) mass is 352 g/mol. The Morgan fingerprint density at radius 3 is 2.46 bits per heavy atom. The summed E-state index contributed by atoms with van der Waals surface area (Å²) >= 11 is 0. The smallest absolute Gasteiger partial charge is 0.357 e. The second kappa shape index (κ2) is 6.51. The van der Waals surface area contributed by atoms with Crippen LogP contribution in [0.25, 0.3) is 22.2 Å². The fourth-order valence-corrected chi connectivity index (χ4v) is 2.57. The van der Waals surface area contributed by atoms with E-state index in [0.29, 0.717) is 22.3 Å². The number of hydrogen-bond acceptors (Lipinski definition) is 4. The number of carboxylic acid groups (broad SMARTS) is 1. The molecule has 3 rings (SSSR count). The number of aryl methyl sites for hydroxylation is 1. The van der Waals surface area contributed by atoms with Crippen molar-refractivity contribution in [2.24, 2.45) is 34.2 Å². The first-order valence-electron chi connectivity index (χ1n) is 7.46. The third-order valence-electron chi connectivity index (χ3n) is 3.59. The average Bonchev–Trinajstić information content (AvgIpc) is 2.92. The number of aromatic nitrogens is 3. The molecule has 0 aliphatic rings. The van der Waals surface area contributed by atoms with Gasteiger partial charge < -0.3 is 22.3 Å². The van der Waals surface area contributed by atoms with Crippen molar-refractivity contribution in [2.45, 2.75) is 0 Å². The van der Waals surface area contributed by atoms with Gasteiger partial charge in [-0.05, 0) is 29.3 Å². The summed E-state index contributed by atoms with van der Waals surface area (Å²) in [6.07, 6.45) is 1.60. The first-order valence-corrected chi connectivity index (χ1v) is 7.46. The third-order valence-corrected chi connectivity index (χ3v) is 3.59. The summed E-state index contributed by atoms with van der Waals surface area (Å²) in [6, 6.07) is 8.74. The highest BCUT2D eigenvalue weighted by Crippen LogP contribution is 2.31. The SMILES string of the molecule is Cn1nc(C(=O)O)c2c(-c3ccc(N=C(N)N=C(N)N)cc3)ccnc21. The molecular formula is C16H16N8O2. The van der Waals surface area contributed by atoms with Crippen molar-refractivity contribution in [3.63, 3.8) is 0 Å². The molecule has 0 spiro atoms. The molecule has 0 radical (unpaired) electrons. The van der Waals surface area contributed by atoms with Crippen molar-refractivity contribution in [1.29, 1.82) is 0 Å². The zero-order chi connectivity index (χ0) is 18.8. The minimum absolute atomic E-state index is 0.0512. The Labute approximate surface area is 147 Å². The molecule has 0 amide bonds. The van der Waals surface area contributed by atoms with Gasteiger partial charge in [-0.1, -0.05) is 12.1 Å². The van der Waals surface area contributed by atoms with Gasteiger partial charge in [0.2, 0.25) is 5.96 Å². The lowest BCUT2D eigenvalue weighted by Gasteiger charge is -2.05. The van der Waals surface area contributed by atoms with Gasteiger partial charge in [-0.2, -0.15) is 10.1 Å². The molecule has 0 bridgehead atoms. The molecule has 0 fully saturated rings. The number of rotatable bonds is 3. The molecule has 0 saturated carbocycles. The Hall–Kier alpha value is -3.95. The van der Waals surface area contributed by atoms with Gasteiger partial charge in [0.1, 0.15) is 0 Å². The van der Waals surface area contributed by atoms with Crippen molar-refractivity contribution >= 4 is 34.6 Å². The standard InChI is InChI=1S/C16H16N8O2/c1-24-13-11(12(23-24)14(25)26)10(6-7-20-13)8-2-4-9(5-3-8)21-16(19)22-15(17)18/h2-7H,1H3,(H,25,26)(H6,17,18,19,21,22). The summed E-state index contributed by atoms with van der Waals surface area (Å²) in [6.45, 7) is 0. The number of guanidine groups is 2. The average molecular weight is 352 g/mol. The van der Waals surface area contributed by atoms with Crippen molar-refractivity contribution in [3.8, 4) is 11.1 Å². The molecule has 0 aliphatic carbocycles. The van der Waals surface area contributed by atoms with Crippen LogP contribution in [0.5, 0.6) is 0 Å². The molecule has 0 saturated heterocycles. The molecule has 2 heterocycles. The van der Waals surface area contributed by atoms with Crippen molar-refractivity contribution in [1.82, 2.24) is 14.8 Å². The van der Waals surface area contributed by atoms with Crippen LogP contribution in [0.1, 0.15) is 10.5 Å². The van der Waals surface area contributed by atoms with E-state index in [4.69, 9.17) is 17.2 Å². The van der Waals surface area contributed by atoms with E-state index in [1.807, 2.05) is 0 Å². The van der Waals surface area contributed by atoms with Crippen LogP contribution in [0.3, 0.4) is 0 Å². The maximum Gasteiger partial charge on any atom is 0.357 e. The largest absolute Gasteiger partial charge is 0.476 e. The zero-order valence-corrected chi connectivity index (χ0v) is 13.8. The maximum absolute atomic E-state index is 11.5. The van der Waals surface area contributed by atoms with E-state index in [2.05, 4.69) is 20.1 Å². The lowest BCUT2D eigenvalue weighted by atomic mass is 10.0. The minimum Gasteiger partial charge on any atom is -0.476 e. The van der Waals surface area contributed by atoms with Crippen LogP contribution < -0.4 is 17.2 Å². The van der Waals surface area contributed by atoms with Crippen molar-refractivity contribution in [2.75, 3.05) is 0 Å². The van der Waals surface area contributed by atoms with Crippen molar-refractivity contribution < 1.29 is 9.90 Å². The second-order valence-corrected chi connectivity index (χ2v) is 5.39. The van der Waals surface area contributed by atoms with E-state index >= 15 is 0 Å². The maximum atomic E-state index is 11.5. The fourth-order valence-electron chi connectivity index (χ4n) is 2.57. The van der Waals surface area contributed by atoms with Gasteiger partial charge in [-0.3, -0.25) is 0 Å². The number of nitrogens with two attached hydrogens (primary N) is 3. The Balaban J connectivity index is 2.08. The predicted octanol–water partition coefficient (Wildman–Crippen LogP) is 0.553. The lowest BCUT2D eigenvalue weighted by molar-refractivity contribution is 0.0691. The van der Waals surface area contributed by atoms with Gasteiger partial charge >= 0.3 is 5.97 Å². The Morgan fingerprint density at radius 2 is 1.85 bits per heavy atom. The van der Waals surface area contributed by atoms with Crippen LogP contribution in [0.2, 0.25) is 0 Å². The number of fused-ring (bicyclic) bond motifs is 1. The molecule has 26 heavy (non-hydrogen) atoms. The van der Waals surface area contributed by atoms with Crippen LogP contribution in [-0.2, 0) is 7.05 Å². The van der Waals surface area contributed by atoms with E-state index in [0.717, 1.165) is 5.56 Å². The number of carbonyl (C=O) groups is 1. The normalized spacial score (nSPS) is 11.5. The van der Waals surface area contributed by atoms with Gasteiger partial charge in [-0.15, -0.1) is 0 Å². The van der Waals surface area contributed by atoms with Crippen LogP contribution in [0.15, 0.2) is 46.5 Å². The van der Waals surface area contributed by atoms with Crippen LogP contribution in [0.4, 0.5) is 5.69 Å². The predicted molar refractivity (Wildman–Crippen MR) is 98.0 cm³/mol. The fraction of sp³-hybridized carbons (Fsp3) is 0.0625. The number of pyridine rings is 1. The molecule has 2 aromatic heterocycles. The quantitative estimate of drug-likeness (QED) is 0.394. The summed E-state index contributed by atoms with van der Waals surface area (Å²) in [4.78, 5) is 23.4. The molecule has 0 aliphatic heterocycles. The Bertz CT molecular complexity index is 1050. The molecule has 10 nitrogen and oxygen atoms in total. The highest BCUT2D eigenvalue weighted by Gasteiger charge is 2.19. The van der Waals surface area contributed by atoms with Gasteiger partial charge in [0.15, 0.2) is 17.3 Å². The van der Waals surface area contributed by atoms with Gasteiger partial charge in [0.05, 0.1) is 11.1 Å². The topological polar surface area (TPSA) is 171 Å². The van der Waals surface area contributed by atoms with E-state index in [9.17, 15) is 9.90 Å². The van der Waals surface area contributed by atoms with Crippen molar-refractivity contribution in [3.05, 3.63) is 42.2 Å². The number of benzene rings is 1. The van der Waals surface area contributed by atoms with Gasteiger partial charge in [-0.25, -0.2) is 19.5 Å². The van der Waals surface area contributed by atoms with E-state index in [1.165, 1.54) is 4.68 Å². The first kappa shape index (κ1) is 16.9. The molecule has 0 atom stereocenters. The Kier molecular flexibility index (Phi) is 4.23. The molecule has 132 valence electrons. The highest BCUT2D eigenvalue weighted by atomic mass is 16.4. The summed E-state index contributed by atoms with van der Waals surface area (Å²) < 4.78 is 1.44. The summed E-state index contributed by atoms with van der Waals surface area (Å²) in [5.74, 6) is -1.36. The zero-order valence-electron chi connectivity index (χ0n) is 13.8. The third kappa shape index (κ3) is 3.15. The first-order chi connectivity index (χ1) is 12.4. The summed E-state index contributed by atoms with van der Waals surface area (Å²) in [5, 5.41) is 13.9. The van der Waals surface area contributed by atoms with Gasteiger partial charge in [0.25, 0.3) is 0 Å². The number of carboxylic acids is 1. The lowest BCUT2D eigenvalue weighted by Crippen LogP contribution is -2.26. The van der Waals surface area contributed by atoms with Gasteiger partial charge in [0, 0.05) is 13.2 Å². The summed E-state index contributed by atoms with van der Waals surface area (Å²) in [7, 11) is 1.65. The molecule has 0 unspecified atom stereocenters. The minimum atomic E-state index is -1.11. The Morgan fingerprint density at radius 1 is 1.15 bits per heavy atom. The van der Waals surface area contributed by atoms with Crippen LogP contribution in [0, 0.1) is 0 Å². The highest BCUT2D eigenvalue weighted by molar-refractivity contribution is 6.07. The number of hydrogen-bond donors (Lipinski definition) is 4. The molecule has 1 aromatic carbocycles.